The molecule has 84 valence electrons. The van der Waals surface area contributed by atoms with E-state index >= 15 is 0 Å². The minimum atomic E-state index is 0.258. The van der Waals surface area contributed by atoms with Crippen LogP contribution in [0.4, 0.5) is 0 Å². The van der Waals surface area contributed by atoms with Gasteiger partial charge in [0.25, 0.3) is 0 Å². The second-order valence-electron chi connectivity index (χ2n) is 5.10. The lowest BCUT2D eigenvalue weighted by Gasteiger charge is -2.41. The van der Waals surface area contributed by atoms with E-state index in [1.54, 1.807) is 0 Å². The molecule has 0 aromatic carbocycles. The number of aliphatic hydroxyl groups excluding tert-OH is 1. The largest absolute Gasteiger partial charge is 0.395 e. The zero-order valence-corrected chi connectivity index (χ0v) is 10.3. The third kappa shape index (κ3) is 3.44. The van der Waals surface area contributed by atoms with Crippen LogP contribution < -0.4 is 0 Å². The molecule has 1 aliphatic carbocycles. The van der Waals surface area contributed by atoms with Gasteiger partial charge in [0.2, 0.25) is 0 Å². The van der Waals surface area contributed by atoms with Crippen LogP contribution in [0.25, 0.3) is 0 Å². The molecule has 0 amide bonds. The summed E-state index contributed by atoms with van der Waals surface area (Å²) in [5.41, 5.74) is 0.258. The van der Waals surface area contributed by atoms with Gasteiger partial charge < -0.3 is 5.11 Å². The number of aliphatic hydroxyl groups is 1. The predicted molar refractivity (Wildman–Crippen MR) is 63.9 cm³/mol. The maximum absolute atomic E-state index is 9.01. The average Bonchev–Trinajstić information content (AvgIpc) is 2.01. The molecule has 1 N–H and O–H groups in total. The Morgan fingerprint density at radius 3 is 2.43 bits per heavy atom. The molecule has 0 spiro atoms. The van der Waals surface area contributed by atoms with Gasteiger partial charge in [-0.25, -0.2) is 0 Å². The molecular weight excluding hydrogens is 194 g/mol. The van der Waals surface area contributed by atoms with Crippen molar-refractivity contribution >= 4 is 12.6 Å². The van der Waals surface area contributed by atoms with Gasteiger partial charge in [-0.3, -0.25) is 4.90 Å². The molecule has 0 saturated heterocycles. The Bertz CT molecular complexity index is 169. The van der Waals surface area contributed by atoms with Crippen molar-refractivity contribution in [3.05, 3.63) is 0 Å². The Kier molecular flexibility index (Phi) is 4.74. The standard InChI is InChI=1S/C11H23NOS/c1-11(2,9-14)8-12(6-7-13)10-4-3-5-10/h10,13-14H,3-9H2,1-2H3. The van der Waals surface area contributed by atoms with Gasteiger partial charge in [0.1, 0.15) is 0 Å². The average molecular weight is 217 g/mol. The predicted octanol–water partition coefficient (Wildman–Crippen LogP) is 1.79. The molecule has 0 aromatic rings. The maximum Gasteiger partial charge on any atom is 0.0558 e. The molecule has 0 radical (unpaired) electrons. The van der Waals surface area contributed by atoms with E-state index in [1.165, 1.54) is 19.3 Å². The summed E-state index contributed by atoms with van der Waals surface area (Å²) in [6.07, 6.45) is 3.97. The first-order valence-corrected chi connectivity index (χ1v) is 6.18. The van der Waals surface area contributed by atoms with E-state index in [2.05, 4.69) is 31.4 Å². The molecule has 14 heavy (non-hydrogen) atoms. The fraction of sp³-hybridized carbons (Fsp3) is 1.00. The molecule has 0 aliphatic heterocycles. The van der Waals surface area contributed by atoms with Crippen molar-refractivity contribution in [2.24, 2.45) is 5.41 Å². The molecule has 3 heteroatoms. The van der Waals surface area contributed by atoms with Gasteiger partial charge in [0.05, 0.1) is 6.61 Å². The monoisotopic (exact) mass is 217 g/mol. The molecule has 0 aromatic heterocycles. The van der Waals surface area contributed by atoms with Crippen molar-refractivity contribution < 1.29 is 5.11 Å². The SMILES string of the molecule is CC(C)(CS)CN(CCO)C1CCC1. The van der Waals surface area contributed by atoms with E-state index in [0.29, 0.717) is 0 Å². The van der Waals surface area contributed by atoms with E-state index in [-0.39, 0.29) is 12.0 Å². The van der Waals surface area contributed by atoms with Gasteiger partial charge in [0, 0.05) is 19.1 Å². The van der Waals surface area contributed by atoms with E-state index in [9.17, 15) is 0 Å². The molecule has 0 bridgehead atoms. The quantitative estimate of drug-likeness (QED) is 0.663. The van der Waals surface area contributed by atoms with Crippen molar-refractivity contribution in [1.29, 1.82) is 0 Å². The number of hydrogen-bond acceptors (Lipinski definition) is 3. The van der Waals surface area contributed by atoms with Crippen LogP contribution in [0.1, 0.15) is 33.1 Å². The smallest absolute Gasteiger partial charge is 0.0558 e. The Morgan fingerprint density at radius 2 is 2.07 bits per heavy atom. The Hall–Kier alpha value is 0.270. The zero-order valence-electron chi connectivity index (χ0n) is 9.37. The summed E-state index contributed by atoms with van der Waals surface area (Å²) in [6.45, 7) is 6.63. The van der Waals surface area contributed by atoms with Gasteiger partial charge >= 0.3 is 0 Å². The molecular formula is C11H23NOS. The summed E-state index contributed by atoms with van der Waals surface area (Å²) in [5, 5.41) is 9.01. The highest BCUT2D eigenvalue weighted by molar-refractivity contribution is 7.80. The molecule has 0 unspecified atom stereocenters. The van der Waals surface area contributed by atoms with E-state index < -0.39 is 0 Å². The normalized spacial score (nSPS) is 18.6. The minimum Gasteiger partial charge on any atom is -0.395 e. The van der Waals surface area contributed by atoms with Crippen molar-refractivity contribution in [1.82, 2.24) is 4.90 Å². The number of rotatable bonds is 6. The van der Waals surface area contributed by atoms with Crippen LogP contribution in [-0.2, 0) is 0 Å². The van der Waals surface area contributed by atoms with E-state index in [1.807, 2.05) is 0 Å². The van der Waals surface area contributed by atoms with Crippen LogP contribution in [0, 0.1) is 5.41 Å². The summed E-state index contributed by atoms with van der Waals surface area (Å²) in [7, 11) is 0. The van der Waals surface area contributed by atoms with Crippen molar-refractivity contribution in [3.63, 3.8) is 0 Å². The first kappa shape index (κ1) is 12.3. The van der Waals surface area contributed by atoms with Crippen LogP contribution in [0.3, 0.4) is 0 Å². The lowest BCUT2D eigenvalue weighted by molar-refractivity contribution is 0.0709. The maximum atomic E-state index is 9.01. The lowest BCUT2D eigenvalue weighted by Crippen LogP contribution is -2.46. The Labute approximate surface area is 93.1 Å². The molecule has 0 heterocycles. The summed E-state index contributed by atoms with van der Waals surface area (Å²) < 4.78 is 0. The molecule has 1 saturated carbocycles. The zero-order chi connectivity index (χ0) is 10.6. The summed E-state index contributed by atoms with van der Waals surface area (Å²) in [6, 6.07) is 0.723. The number of nitrogens with zero attached hydrogens (tertiary/aromatic N) is 1. The molecule has 2 nitrogen and oxygen atoms in total. The highest BCUT2D eigenvalue weighted by Gasteiger charge is 2.28. The molecule has 1 rings (SSSR count). The Balaban J connectivity index is 2.41. The minimum absolute atomic E-state index is 0.258. The van der Waals surface area contributed by atoms with Crippen LogP contribution in [0.5, 0.6) is 0 Å². The third-order valence-corrected chi connectivity index (χ3v) is 3.89. The second-order valence-corrected chi connectivity index (χ2v) is 5.42. The first-order valence-electron chi connectivity index (χ1n) is 5.55. The van der Waals surface area contributed by atoms with Crippen LogP contribution in [0.2, 0.25) is 0 Å². The topological polar surface area (TPSA) is 23.5 Å². The Morgan fingerprint density at radius 1 is 1.43 bits per heavy atom. The van der Waals surface area contributed by atoms with Crippen molar-refractivity contribution in [2.45, 2.75) is 39.2 Å². The summed E-state index contributed by atoms with van der Waals surface area (Å²) >= 11 is 4.37. The van der Waals surface area contributed by atoms with Gasteiger partial charge in [0.15, 0.2) is 0 Å². The van der Waals surface area contributed by atoms with Gasteiger partial charge in [-0.2, -0.15) is 12.6 Å². The lowest BCUT2D eigenvalue weighted by atomic mass is 9.88. The van der Waals surface area contributed by atoms with Crippen LogP contribution >= 0.6 is 12.6 Å². The van der Waals surface area contributed by atoms with Crippen molar-refractivity contribution in [2.75, 3.05) is 25.4 Å². The van der Waals surface area contributed by atoms with E-state index in [0.717, 1.165) is 24.9 Å². The van der Waals surface area contributed by atoms with Crippen LogP contribution in [-0.4, -0.2) is 41.5 Å². The van der Waals surface area contributed by atoms with Gasteiger partial charge in [-0.1, -0.05) is 20.3 Å². The third-order valence-electron chi connectivity index (χ3n) is 3.04. The first-order chi connectivity index (χ1) is 6.59. The van der Waals surface area contributed by atoms with Gasteiger partial charge in [-0.15, -0.1) is 0 Å². The summed E-state index contributed by atoms with van der Waals surface area (Å²) in [4.78, 5) is 2.43. The van der Waals surface area contributed by atoms with Gasteiger partial charge in [-0.05, 0) is 24.0 Å². The molecule has 1 fully saturated rings. The summed E-state index contributed by atoms with van der Waals surface area (Å²) in [5.74, 6) is 0.904. The number of thiol groups is 1. The fourth-order valence-electron chi connectivity index (χ4n) is 1.87. The van der Waals surface area contributed by atoms with Crippen molar-refractivity contribution in [3.8, 4) is 0 Å². The fourth-order valence-corrected chi connectivity index (χ4v) is 1.97. The second kappa shape index (κ2) is 5.38. The highest BCUT2D eigenvalue weighted by atomic mass is 32.1. The molecule has 1 aliphatic rings. The van der Waals surface area contributed by atoms with E-state index in [4.69, 9.17) is 5.11 Å². The highest BCUT2D eigenvalue weighted by Crippen LogP contribution is 2.28. The van der Waals surface area contributed by atoms with Crippen LogP contribution in [0.15, 0.2) is 0 Å². The molecule has 0 atom stereocenters. The number of hydrogen-bond donors (Lipinski definition) is 2.